The average molecular weight is 480 g/mol. The molecule has 184 valence electrons. The van der Waals surface area contributed by atoms with Crippen LogP contribution in [0.2, 0.25) is 0 Å². The monoisotopic (exact) mass is 479 g/mol. The minimum absolute atomic E-state index is 0.0874. The fourth-order valence-electron chi connectivity index (χ4n) is 4.88. The molecule has 3 aromatic rings. The van der Waals surface area contributed by atoms with Crippen molar-refractivity contribution in [3.63, 3.8) is 0 Å². The summed E-state index contributed by atoms with van der Waals surface area (Å²) in [5.41, 5.74) is 6.92. The molecule has 0 saturated carbocycles. The zero-order chi connectivity index (χ0) is 24.7. The quantitative estimate of drug-likeness (QED) is 0.248. The Labute approximate surface area is 208 Å². The van der Waals surface area contributed by atoms with Gasteiger partial charge in [-0.15, -0.1) is 0 Å². The maximum atomic E-state index is 6.03. The highest BCUT2D eigenvalue weighted by atomic mass is 31.1. The molecule has 1 unspecified atom stereocenters. The summed E-state index contributed by atoms with van der Waals surface area (Å²) in [5.74, 6) is 1.88. The summed E-state index contributed by atoms with van der Waals surface area (Å²) in [6.45, 7) is 11.4. The molecule has 0 radical (unpaired) electrons. The van der Waals surface area contributed by atoms with E-state index in [-0.39, 0.29) is 5.28 Å². The Morgan fingerprint density at radius 3 is 1.79 bits per heavy atom. The van der Waals surface area contributed by atoms with Gasteiger partial charge in [-0.25, -0.2) is 0 Å². The summed E-state index contributed by atoms with van der Waals surface area (Å²) in [4.78, 5) is 0. The van der Waals surface area contributed by atoms with Crippen molar-refractivity contribution in [1.82, 2.24) is 4.57 Å². The fourth-order valence-corrected chi connectivity index (χ4v) is 6.45. The third kappa shape index (κ3) is 5.69. The molecule has 4 heteroatoms. The number of rotatable bonds is 12. The van der Waals surface area contributed by atoms with Crippen LogP contribution in [-0.2, 0) is 24.5 Å². The van der Waals surface area contributed by atoms with Gasteiger partial charge in [0.1, 0.15) is 11.5 Å². The lowest BCUT2D eigenvalue weighted by atomic mass is 9.87. The molecule has 2 aromatic carbocycles. The van der Waals surface area contributed by atoms with E-state index in [1.165, 1.54) is 33.1 Å². The molecule has 0 aliphatic rings. The molecule has 3 rings (SSSR count). The number of ether oxygens (including phenoxy) is 2. The van der Waals surface area contributed by atoms with Crippen LogP contribution in [-0.4, -0.2) is 18.8 Å². The molecule has 0 fully saturated rings. The van der Waals surface area contributed by atoms with E-state index in [9.17, 15) is 0 Å². The molecule has 0 saturated heterocycles. The van der Waals surface area contributed by atoms with E-state index in [1.807, 2.05) is 0 Å². The zero-order valence-electron chi connectivity index (χ0n) is 22.1. The Bertz CT molecular complexity index is 1040. The Balaban J connectivity index is 2.34. The Kier molecular flexibility index (Phi) is 9.25. The third-order valence-electron chi connectivity index (χ3n) is 6.44. The summed E-state index contributed by atoms with van der Waals surface area (Å²) in [7, 11) is 4.08. The summed E-state index contributed by atoms with van der Waals surface area (Å²) >= 11 is 0. The summed E-state index contributed by atoms with van der Waals surface area (Å²) in [5, 5.41) is 1.16. The molecular formula is C30H42NO2P. The normalized spacial score (nSPS) is 12.0. The van der Waals surface area contributed by atoms with Gasteiger partial charge >= 0.3 is 0 Å². The number of nitrogens with zero attached hydrogens (tertiary/aromatic N) is 1. The van der Waals surface area contributed by atoms with Crippen LogP contribution in [0.15, 0.2) is 48.8 Å². The molecule has 0 aliphatic heterocycles. The van der Waals surface area contributed by atoms with E-state index in [0.717, 1.165) is 50.0 Å². The first-order valence-electron chi connectivity index (χ1n) is 12.7. The molecular weight excluding hydrogens is 437 g/mol. The molecule has 0 bridgehead atoms. The van der Waals surface area contributed by atoms with E-state index < -0.39 is 0 Å². The lowest BCUT2D eigenvalue weighted by Gasteiger charge is -2.31. The van der Waals surface area contributed by atoms with Gasteiger partial charge in [0.15, 0.2) is 0 Å². The highest BCUT2D eigenvalue weighted by Crippen LogP contribution is 2.46. The van der Waals surface area contributed by atoms with Crippen molar-refractivity contribution in [2.24, 2.45) is 0 Å². The van der Waals surface area contributed by atoms with Crippen molar-refractivity contribution >= 4 is 13.9 Å². The first kappa shape index (κ1) is 26.4. The van der Waals surface area contributed by atoms with Crippen LogP contribution in [0.5, 0.6) is 11.5 Å². The van der Waals surface area contributed by atoms with Crippen molar-refractivity contribution in [2.75, 3.05) is 14.2 Å². The molecule has 1 atom stereocenters. The van der Waals surface area contributed by atoms with Crippen LogP contribution in [0.25, 0.3) is 11.1 Å². The van der Waals surface area contributed by atoms with Gasteiger partial charge in [-0.3, -0.25) is 0 Å². The highest BCUT2D eigenvalue weighted by molar-refractivity contribution is 7.48. The molecule has 3 nitrogen and oxygen atoms in total. The first-order valence-corrected chi connectivity index (χ1v) is 13.7. The SMILES string of the molecule is CCCc1cc(CCC)c(-c2c(OC)ccc(OC)c2PC(C)(C)n2cccc2)c(CCC)c1. The number of hydrogen-bond acceptors (Lipinski definition) is 2. The second-order valence-electron chi connectivity index (χ2n) is 9.53. The molecule has 1 heterocycles. The summed E-state index contributed by atoms with van der Waals surface area (Å²) < 4.78 is 14.3. The zero-order valence-corrected chi connectivity index (χ0v) is 23.1. The predicted molar refractivity (Wildman–Crippen MR) is 149 cm³/mol. The van der Waals surface area contributed by atoms with Gasteiger partial charge in [0.2, 0.25) is 0 Å². The van der Waals surface area contributed by atoms with Crippen LogP contribution in [0.1, 0.15) is 70.6 Å². The minimum Gasteiger partial charge on any atom is -0.496 e. The number of aryl methyl sites for hydroxylation is 3. The van der Waals surface area contributed by atoms with Gasteiger partial charge in [0, 0.05) is 23.3 Å². The predicted octanol–water partition coefficient (Wildman–Crippen LogP) is 7.73. The van der Waals surface area contributed by atoms with Gasteiger partial charge in [0.25, 0.3) is 0 Å². The summed E-state index contributed by atoms with van der Waals surface area (Å²) in [6.07, 6.45) is 11.0. The van der Waals surface area contributed by atoms with Gasteiger partial charge in [-0.1, -0.05) is 60.7 Å². The van der Waals surface area contributed by atoms with Crippen molar-refractivity contribution in [1.29, 1.82) is 0 Å². The largest absolute Gasteiger partial charge is 0.496 e. The molecule has 34 heavy (non-hydrogen) atoms. The maximum absolute atomic E-state index is 6.03. The van der Waals surface area contributed by atoms with Crippen LogP contribution in [0, 0.1) is 0 Å². The molecule has 0 aliphatic carbocycles. The second kappa shape index (κ2) is 11.9. The highest BCUT2D eigenvalue weighted by Gasteiger charge is 2.28. The van der Waals surface area contributed by atoms with Gasteiger partial charge in [-0.05, 0) is 79.6 Å². The van der Waals surface area contributed by atoms with Gasteiger partial charge in [-0.2, -0.15) is 0 Å². The second-order valence-corrected chi connectivity index (χ2v) is 11.5. The van der Waals surface area contributed by atoms with E-state index in [2.05, 4.69) is 88.0 Å². The number of aromatic nitrogens is 1. The maximum Gasteiger partial charge on any atom is 0.127 e. The van der Waals surface area contributed by atoms with Crippen LogP contribution in [0.4, 0.5) is 0 Å². The Hall–Kier alpha value is -2.25. The lowest BCUT2D eigenvalue weighted by molar-refractivity contribution is 0.407. The van der Waals surface area contributed by atoms with Crippen LogP contribution in [0.3, 0.4) is 0 Å². The molecule has 1 aromatic heterocycles. The van der Waals surface area contributed by atoms with E-state index in [4.69, 9.17) is 9.47 Å². The standard InChI is InChI=1S/C30H42NO2P/c1-8-13-22-20-23(14-9-2)27(24(21-22)15-10-3)28-25(32-6)16-17-26(33-7)29(28)34-30(4,5)31-18-11-12-19-31/h11-12,16-21,34H,8-10,13-15H2,1-7H3. The van der Waals surface area contributed by atoms with Gasteiger partial charge < -0.3 is 14.0 Å². The van der Waals surface area contributed by atoms with Crippen LogP contribution >= 0.6 is 8.58 Å². The van der Waals surface area contributed by atoms with Crippen molar-refractivity contribution in [2.45, 2.75) is 78.4 Å². The number of benzene rings is 2. The van der Waals surface area contributed by atoms with Gasteiger partial charge in [0.05, 0.1) is 19.5 Å². The Morgan fingerprint density at radius 1 is 0.765 bits per heavy atom. The average Bonchev–Trinajstić information content (AvgIpc) is 3.36. The first-order chi connectivity index (χ1) is 16.4. The van der Waals surface area contributed by atoms with Crippen molar-refractivity contribution in [3.05, 3.63) is 65.5 Å². The smallest absolute Gasteiger partial charge is 0.127 e. The molecule has 0 spiro atoms. The van der Waals surface area contributed by atoms with E-state index in [0.29, 0.717) is 8.58 Å². The van der Waals surface area contributed by atoms with E-state index >= 15 is 0 Å². The molecule has 0 amide bonds. The van der Waals surface area contributed by atoms with Crippen molar-refractivity contribution < 1.29 is 9.47 Å². The number of methoxy groups -OCH3 is 2. The lowest BCUT2D eigenvalue weighted by Crippen LogP contribution is -2.24. The third-order valence-corrected chi connectivity index (χ3v) is 8.05. The molecule has 0 N–H and O–H groups in total. The topological polar surface area (TPSA) is 23.4 Å². The minimum atomic E-state index is -0.0874. The Morgan fingerprint density at radius 2 is 1.29 bits per heavy atom. The number of hydrogen-bond donors (Lipinski definition) is 0. The van der Waals surface area contributed by atoms with E-state index in [1.54, 1.807) is 14.2 Å². The fraction of sp³-hybridized carbons (Fsp3) is 0.467. The van der Waals surface area contributed by atoms with Crippen LogP contribution < -0.4 is 14.8 Å². The van der Waals surface area contributed by atoms with Crippen molar-refractivity contribution in [3.8, 4) is 22.6 Å². The summed E-state index contributed by atoms with van der Waals surface area (Å²) in [6, 6.07) is 13.2.